The van der Waals surface area contributed by atoms with Crippen LogP contribution in [0, 0.1) is 5.82 Å². The third kappa shape index (κ3) is 2.97. The van der Waals surface area contributed by atoms with Crippen molar-refractivity contribution >= 4 is 28.3 Å². The molecule has 2 atom stereocenters. The lowest BCUT2D eigenvalue weighted by Crippen LogP contribution is -2.46. The van der Waals surface area contributed by atoms with Crippen molar-refractivity contribution in [2.45, 2.75) is 25.0 Å². The zero-order chi connectivity index (χ0) is 22.9. The van der Waals surface area contributed by atoms with E-state index in [1.807, 2.05) is 0 Å². The summed E-state index contributed by atoms with van der Waals surface area (Å²) in [5.41, 5.74) is 8.59. The van der Waals surface area contributed by atoms with Crippen molar-refractivity contribution in [2.24, 2.45) is 0 Å². The molecule has 168 valence electrons. The maximum atomic E-state index is 15.1. The Labute approximate surface area is 185 Å². The van der Waals surface area contributed by atoms with Gasteiger partial charge in [0.25, 0.3) is 12.3 Å². The van der Waals surface area contributed by atoms with E-state index in [1.165, 1.54) is 30.6 Å². The van der Waals surface area contributed by atoms with Crippen LogP contribution in [0.15, 0.2) is 42.9 Å². The molecular weight excluding hydrogens is 435 g/mol. The molecule has 33 heavy (non-hydrogen) atoms. The lowest BCUT2D eigenvalue weighted by molar-refractivity contribution is -0.0517. The summed E-state index contributed by atoms with van der Waals surface area (Å²) in [4.78, 5) is 23.4. The smallest absolute Gasteiger partial charge is 0.263 e. The average Bonchev–Trinajstić information content (AvgIpc) is 3.43. The van der Waals surface area contributed by atoms with Gasteiger partial charge in [-0.15, -0.1) is 0 Å². The van der Waals surface area contributed by atoms with Crippen LogP contribution < -0.4 is 5.73 Å². The van der Waals surface area contributed by atoms with Crippen LogP contribution in [0.4, 0.5) is 19.0 Å². The zero-order valence-corrected chi connectivity index (χ0v) is 17.2. The van der Waals surface area contributed by atoms with Crippen molar-refractivity contribution in [1.82, 2.24) is 19.3 Å². The van der Waals surface area contributed by atoms with Crippen molar-refractivity contribution < 1.29 is 22.7 Å². The number of anilines is 1. The number of carbonyl (C=O) groups is 1. The Morgan fingerprint density at radius 3 is 2.88 bits per heavy atom. The van der Waals surface area contributed by atoms with Gasteiger partial charge in [0.15, 0.2) is 0 Å². The molecule has 7 nitrogen and oxygen atoms in total. The van der Waals surface area contributed by atoms with Crippen molar-refractivity contribution in [3.05, 3.63) is 70.9 Å². The normalized spacial score (nSPS) is 19.9. The summed E-state index contributed by atoms with van der Waals surface area (Å²) in [5, 5.41) is 0. The number of alkyl halides is 2. The zero-order valence-electron chi connectivity index (χ0n) is 17.2. The van der Waals surface area contributed by atoms with E-state index in [4.69, 9.17) is 10.5 Å². The van der Waals surface area contributed by atoms with Gasteiger partial charge in [-0.3, -0.25) is 9.20 Å². The number of hydrogen-bond donors (Lipinski definition) is 1. The van der Waals surface area contributed by atoms with Crippen LogP contribution in [-0.4, -0.2) is 44.4 Å². The molecule has 1 fully saturated rings. The van der Waals surface area contributed by atoms with Gasteiger partial charge in [-0.05, 0) is 23.3 Å². The van der Waals surface area contributed by atoms with Gasteiger partial charge >= 0.3 is 0 Å². The largest absolute Gasteiger partial charge is 0.382 e. The first-order valence-corrected chi connectivity index (χ1v) is 10.5. The van der Waals surface area contributed by atoms with Gasteiger partial charge in [-0.1, -0.05) is 12.1 Å². The van der Waals surface area contributed by atoms with E-state index in [2.05, 4.69) is 9.97 Å². The number of benzene rings is 2. The molecule has 1 amide bonds. The molecule has 0 spiro atoms. The highest BCUT2D eigenvalue weighted by atomic mass is 19.3. The average molecular weight is 453 g/mol. The number of ether oxygens (including phenoxy) is 1. The van der Waals surface area contributed by atoms with Crippen molar-refractivity contribution in [3.63, 3.8) is 0 Å². The molecule has 0 radical (unpaired) electrons. The maximum Gasteiger partial charge on any atom is 0.263 e. The molecular formula is C23H18F3N5O2. The molecule has 1 aliphatic carbocycles. The van der Waals surface area contributed by atoms with E-state index in [0.29, 0.717) is 23.0 Å². The van der Waals surface area contributed by atoms with E-state index in [-0.39, 0.29) is 36.2 Å². The lowest BCUT2D eigenvalue weighted by atomic mass is 10.0. The molecule has 4 aromatic rings. The van der Waals surface area contributed by atoms with E-state index in [0.717, 1.165) is 11.1 Å². The van der Waals surface area contributed by atoms with Gasteiger partial charge in [0.2, 0.25) is 0 Å². The molecule has 0 unspecified atom stereocenters. The molecule has 3 heterocycles. The molecule has 0 saturated carbocycles. The molecule has 2 aromatic heterocycles. The number of rotatable bonds is 2. The van der Waals surface area contributed by atoms with Crippen LogP contribution in [0.5, 0.6) is 0 Å². The summed E-state index contributed by atoms with van der Waals surface area (Å²) in [6, 6.07) is 6.62. The van der Waals surface area contributed by atoms with E-state index < -0.39 is 24.2 Å². The molecule has 10 heteroatoms. The SMILES string of the molecule is Nc1nc2cc(F)c(C(=O)N3CCO[C@@H]4Cc5cc(C(F)F)ccc5[C@@H]43)cc2n2cncc12. The number of nitrogens with zero attached hydrogens (tertiary/aromatic N) is 4. The fourth-order valence-corrected chi connectivity index (χ4v) is 4.96. The number of imidazole rings is 1. The van der Waals surface area contributed by atoms with Crippen LogP contribution >= 0.6 is 0 Å². The van der Waals surface area contributed by atoms with Gasteiger partial charge in [-0.25, -0.2) is 23.1 Å². The van der Waals surface area contributed by atoms with E-state index >= 15 is 4.39 Å². The summed E-state index contributed by atoms with van der Waals surface area (Å²) >= 11 is 0. The van der Waals surface area contributed by atoms with Crippen LogP contribution in [0.3, 0.4) is 0 Å². The molecule has 2 aromatic carbocycles. The second kappa shape index (κ2) is 7.17. The van der Waals surface area contributed by atoms with Crippen molar-refractivity contribution in [2.75, 3.05) is 18.9 Å². The van der Waals surface area contributed by atoms with Gasteiger partial charge in [-0.2, -0.15) is 0 Å². The Kier molecular flexibility index (Phi) is 4.34. The molecule has 2 N–H and O–H groups in total. The van der Waals surface area contributed by atoms with Crippen LogP contribution in [-0.2, 0) is 11.2 Å². The fraction of sp³-hybridized carbons (Fsp3) is 0.261. The summed E-state index contributed by atoms with van der Waals surface area (Å²) < 4.78 is 48.9. The number of nitrogens with two attached hydrogens (primary N) is 1. The molecule has 0 bridgehead atoms. The van der Waals surface area contributed by atoms with Gasteiger partial charge in [0, 0.05) is 24.6 Å². The predicted molar refractivity (Wildman–Crippen MR) is 113 cm³/mol. The molecule has 6 rings (SSSR count). The second-order valence-electron chi connectivity index (χ2n) is 8.28. The summed E-state index contributed by atoms with van der Waals surface area (Å²) in [6.45, 7) is 0.537. The van der Waals surface area contributed by atoms with E-state index in [1.54, 1.807) is 21.6 Å². The first kappa shape index (κ1) is 20.0. The predicted octanol–water partition coefficient (Wildman–Crippen LogP) is 3.68. The van der Waals surface area contributed by atoms with Gasteiger partial charge < -0.3 is 15.4 Å². The number of halogens is 3. The fourth-order valence-electron chi connectivity index (χ4n) is 4.96. The Balaban J connectivity index is 1.43. The number of hydrogen-bond acceptors (Lipinski definition) is 5. The highest BCUT2D eigenvalue weighted by Crippen LogP contribution is 2.42. The number of amides is 1. The topological polar surface area (TPSA) is 85.8 Å². The van der Waals surface area contributed by atoms with Crippen LogP contribution in [0.1, 0.15) is 39.5 Å². The quantitative estimate of drug-likeness (QED) is 0.501. The summed E-state index contributed by atoms with van der Waals surface area (Å²) in [6.07, 6.45) is 0.550. The summed E-state index contributed by atoms with van der Waals surface area (Å²) in [5.74, 6) is -1.00. The highest BCUT2D eigenvalue weighted by molar-refractivity contribution is 5.99. The number of carbonyl (C=O) groups excluding carboxylic acids is 1. The maximum absolute atomic E-state index is 15.1. The Morgan fingerprint density at radius 1 is 1.21 bits per heavy atom. The Hall–Kier alpha value is -3.66. The van der Waals surface area contributed by atoms with Crippen molar-refractivity contribution in [1.29, 1.82) is 0 Å². The number of aromatic nitrogens is 3. The first-order valence-electron chi connectivity index (χ1n) is 10.5. The van der Waals surface area contributed by atoms with Gasteiger partial charge in [0.05, 0.1) is 47.9 Å². The molecule has 2 aliphatic rings. The van der Waals surface area contributed by atoms with Crippen LogP contribution in [0.25, 0.3) is 16.6 Å². The Morgan fingerprint density at radius 2 is 2.06 bits per heavy atom. The molecule has 1 aliphatic heterocycles. The molecule has 1 saturated heterocycles. The van der Waals surface area contributed by atoms with Crippen molar-refractivity contribution in [3.8, 4) is 0 Å². The first-order chi connectivity index (χ1) is 15.9. The Bertz CT molecular complexity index is 1440. The monoisotopic (exact) mass is 453 g/mol. The third-order valence-electron chi connectivity index (χ3n) is 6.47. The lowest BCUT2D eigenvalue weighted by Gasteiger charge is -2.38. The highest BCUT2D eigenvalue weighted by Gasteiger charge is 2.43. The third-order valence-corrected chi connectivity index (χ3v) is 6.47. The number of nitrogen functional groups attached to an aromatic ring is 1. The minimum absolute atomic E-state index is 0.0676. The second-order valence-corrected chi connectivity index (χ2v) is 8.28. The summed E-state index contributed by atoms with van der Waals surface area (Å²) in [7, 11) is 0. The van der Waals surface area contributed by atoms with Gasteiger partial charge in [0.1, 0.15) is 17.2 Å². The number of morpholine rings is 1. The minimum atomic E-state index is -2.58. The minimum Gasteiger partial charge on any atom is -0.382 e. The number of fused-ring (bicyclic) bond motifs is 6. The van der Waals surface area contributed by atoms with Crippen LogP contribution in [0.2, 0.25) is 0 Å². The standard InChI is InChI=1S/C23H18F3N5O2/c24-15-8-16-17(31-10-28-9-18(31)22(27)29-16)7-14(15)23(32)30-3-4-33-19-6-12-5-11(21(25)26)1-2-13(12)20(19)30/h1-2,5,7-10,19-21H,3-4,6H2,(H2,27,29)/t19-,20+/m1/s1. The van der Waals surface area contributed by atoms with E-state index in [9.17, 15) is 13.6 Å².